The molecule has 3 aromatic rings. The summed E-state index contributed by atoms with van der Waals surface area (Å²) in [6.07, 6.45) is 3.61. The van der Waals surface area contributed by atoms with Crippen LogP contribution in [-0.4, -0.2) is 104 Å². The SMILES string of the molecule is Cn1nc(C(=O)N2CCN(Cc3ccccn3)CC2)cc1C(=O)N1CCN(Cc2ccccn2)CC1. The number of hydrogen-bond donors (Lipinski definition) is 0. The maximum absolute atomic E-state index is 13.2. The van der Waals surface area contributed by atoms with E-state index >= 15 is 0 Å². The molecular weight excluding hydrogens is 456 g/mol. The number of aromatic nitrogens is 4. The molecule has 0 N–H and O–H groups in total. The van der Waals surface area contributed by atoms with E-state index in [1.807, 2.05) is 46.2 Å². The van der Waals surface area contributed by atoms with E-state index in [9.17, 15) is 9.59 Å². The maximum Gasteiger partial charge on any atom is 0.274 e. The second-order valence-corrected chi connectivity index (χ2v) is 9.32. The van der Waals surface area contributed by atoms with E-state index in [1.54, 1.807) is 25.5 Å². The van der Waals surface area contributed by atoms with Crippen LogP contribution in [0.5, 0.6) is 0 Å². The molecule has 0 spiro atoms. The van der Waals surface area contributed by atoms with Gasteiger partial charge in [-0.05, 0) is 24.3 Å². The molecule has 36 heavy (non-hydrogen) atoms. The predicted molar refractivity (Wildman–Crippen MR) is 134 cm³/mol. The van der Waals surface area contributed by atoms with Gasteiger partial charge in [-0.15, -0.1) is 0 Å². The number of carbonyl (C=O) groups is 2. The fourth-order valence-electron chi connectivity index (χ4n) is 4.76. The maximum atomic E-state index is 13.2. The van der Waals surface area contributed by atoms with Gasteiger partial charge in [-0.2, -0.15) is 5.10 Å². The summed E-state index contributed by atoms with van der Waals surface area (Å²) in [7, 11) is 1.73. The van der Waals surface area contributed by atoms with Gasteiger partial charge in [0, 0.05) is 91.0 Å². The summed E-state index contributed by atoms with van der Waals surface area (Å²) in [5, 5.41) is 4.39. The van der Waals surface area contributed by atoms with Crippen molar-refractivity contribution in [3.05, 3.63) is 77.6 Å². The number of carbonyl (C=O) groups excluding carboxylic acids is 2. The third-order valence-corrected chi connectivity index (χ3v) is 6.86. The second kappa shape index (κ2) is 11.0. The molecule has 2 aliphatic rings. The minimum Gasteiger partial charge on any atom is -0.335 e. The number of amides is 2. The quantitative estimate of drug-likeness (QED) is 0.514. The molecule has 2 amide bonds. The highest BCUT2D eigenvalue weighted by molar-refractivity contribution is 5.98. The summed E-state index contributed by atoms with van der Waals surface area (Å²) in [5.74, 6) is -0.205. The molecule has 2 aliphatic heterocycles. The highest BCUT2D eigenvalue weighted by Crippen LogP contribution is 2.15. The van der Waals surface area contributed by atoms with Gasteiger partial charge in [-0.3, -0.25) is 34.0 Å². The number of nitrogens with zero attached hydrogens (tertiary/aromatic N) is 8. The molecule has 0 atom stereocenters. The number of hydrogen-bond acceptors (Lipinski definition) is 7. The highest BCUT2D eigenvalue weighted by Gasteiger charge is 2.28. The van der Waals surface area contributed by atoms with Crippen LogP contribution >= 0.6 is 0 Å². The molecule has 10 nitrogen and oxygen atoms in total. The first-order valence-electron chi connectivity index (χ1n) is 12.4. The molecule has 2 saturated heterocycles. The van der Waals surface area contributed by atoms with Crippen molar-refractivity contribution in [2.75, 3.05) is 52.4 Å². The Labute approximate surface area is 211 Å². The summed E-state index contributed by atoms with van der Waals surface area (Å²) in [4.78, 5) is 43.4. The molecule has 10 heteroatoms. The van der Waals surface area contributed by atoms with Gasteiger partial charge in [0.25, 0.3) is 11.8 Å². The van der Waals surface area contributed by atoms with Gasteiger partial charge >= 0.3 is 0 Å². The molecule has 5 heterocycles. The molecule has 0 radical (unpaired) electrons. The molecule has 0 unspecified atom stereocenters. The lowest BCUT2D eigenvalue weighted by atomic mass is 10.2. The number of pyridine rings is 2. The zero-order chi connectivity index (χ0) is 24.9. The molecule has 0 bridgehead atoms. The second-order valence-electron chi connectivity index (χ2n) is 9.32. The first-order chi connectivity index (χ1) is 17.6. The van der Waals surface area contributed by atoms with Crippen LogP contribution in [0.4, 0.5) is 0 Å². The Kier molecular flexibility index (Phi) is 7.33. The van der Waals surface area contributed by atoms with E-state index < -0.39 is 0 Å². The molecular formula is C26H32N8O2. The van der Waals surface area contributed by atoms with Crippen molar-refractivity contribution in [1.29, 1.82) is 0 Å². The fraction of sp³-hybridized carbons (Fsp3) is 0.423. The van der Waals surface area contributed by atoms with Gasteiger partial charge in [-0.25, -0.2) is 0 Å². The van der Waals surface area contributed by atoms with E-state index in [4.69, 9.17) is 0 Å². The summed E-state index contributed by atoms with van der Waals surface area (Å²) in [6.45, 7) is 7.23. The van der Waals surface area contributed by atoms with Crippen molar-refractivity contribution in [2.24, 2.45) is 7.05 Å². The number of piperazine rings is 2. The Morgan fingerprint density at radius 3 is 1.69 bits per heavy atom. The molecule has 0 aliphatic carbocycles. The predicted octanol–water partition coefficient (Wildman–Crippen LogP) is 1.13. The minimum atomic E-state index is -0.123. The zero-order valence-corrected chi connectivity index (χ0v) is 20.7. The van der Waals surface area contributed by atoms with Crippen molar-refractivity contribution in [3.8, 4) is 0 Å². The van der Waals surface area contributed by atoms with E-state index in [2.05, 4.69) is 24.9 Å². The van der Waals surface area contributed by atoms with Crippen LogP contribution < -0.4 is 0 Å². The standard InChI is InChI=1S/C26H32N8O2/c1-30-24(26(36)34-16-12-32(13-17-34)20-22-7-3-5-9-28-22)18-23(29-30)25(35)33-14-10-31(11-15-33)19-21-6-2-4-8-27-21/h2-9,18H,10-17,19-20H2,1H3. The number of rotatable bonds is 6. The average Bonchev–Trinajstić information content (AvgIpc) is 3.31. The van der Waals surface area contributed by atoms with Crippen LogP contribution in [0.3, 0.4) is 0 Å². The van der Waals surface area contributed by atoms with Crippen LogP contribution in [0.2, 0.25) is 0 Å². The lowest BCUT2D eigenvalue weighted by Gasteiger charge is -2.34. The van der Waals surface area contributed by atoms with Crippen molar-refractivity contribution in [1.82, 2.24) is 39.3 Å². The Hall–Kier alpha value is -3.63. The first kappa shape index (κ1) is 24.1. The van der Waals surface area contributed by atoms with Crippen LogP contribution in [0, 0.1) is 0 Å². The summed E-state index contributed by atoms with van der Waals surface area (Å²) >= 11 is 0. The van der Waals surface area contributed by atoms with E-state index in [0.717, 1.165) is 50.7 Å². The van der Waals surface area contributed by atoms with Crippen molar-refractivity contribution < 1.29 is 9.59 Å². The van der Waals surface area contributed by atoms with Gasteiger partial charge in [0.05, 0.1) is 11.4 Å². The van der Waals surface area contributed by atoms with E-state index in [0.29, 0.717) is 37.6 Å². The lowest BCUT2D eigenvalue weighted by molar-refractivity contribution is 0.0612. The van der Waals surface area contributed by atoms with E-state index in [-0.39, 0.29) is 11.8 Å². The smallest absolute Gasteiger partial charge is 0.274 e. The monoisotopic (exact) mass is 488 g/mol. The largest absolute Gasteiger partial charge is 0.335 e. The van der Waals surface area contributed by atoms with Crippen LogP contribution in [0.15, 0.2) is 54.9 Å². The summed E-state index contributed by atoms with van der Waals surface area (Å²) < 4.78 is 1.53. The Morgan fingerprint density at radius 2 is 1.22 bits per heavy atom. The van der Waals surface area contributed by atoms with Gasteiger partial charge in [0.2, 0.25) is 0 Å². The molecule has 3 aromatic heterocycles. The van der Waals surface area contributed by atoms with Crippen LogP contribution in [0.1, 0.15) is 32.4 Å². The summed E-state index contributed by atoms with van der Waals surface area (Å²) in [5.41, 5.74) is 2.84. The Bertz CT molecular complexity index is 1170. The molecule has 188 valence electrons. The van der Waals surface area contributed by atoms with Crippen molar-refractivity contribution in [2.45, 2.75) is 13.1 Å². The van der Waals surface area contributed by atoms with Gasteiger partial charge in [-0.1, -0.05) is 12.1 Å². The summed E-state index contributed by atoms with van der Waals surface area (Å²) in [6, 6.07) is 13.5. The van der Waals surface area contributed by atoms with Crippen LogP contribution in [0.25, 0.3) is 0 Å². The Morgan fingerprint density at radius 1 is 0.722 bits per heavy atom. The van der Waals surface area contributed by atoms with Gasteiger partial charge in [0.1, 0.15) is 5.69 Å². The lowest BCUT2D eigenvalue weighted by Crippen LogP contribution is -2.48. The molecule has 5 rings (SSSR count). The molecule has 0 aromatic carbocycles. The third-order valence-electron chi connectivity index (χ3n) is 6.86. The average molecular weight is 489 g/mol. The van der Waals surface area contributed by atoms with E-state index in [1.165, 1.54) is 4.68 Å². The molecule has 2 fully saturated rings. The topological polar surface area (TPSA) is 90.7 Å². The fourth-order valence-corrected chi connectivity index (χ4v) is 4.76. The first-order valence-corrected chi connectivity index (χ1v) is 12.4. The minimum absolute atomic E-state index is 0.0817. The molecule has 0 saturated carbocycles. The normalized spacial score (nSPS) is 17.4. The zero-order valence-electron chi connectivity index (χ0n) is 20.7. The number of aryl methyl sites for hydroxylation is 1. The van der Waals surface area contributed by atoms with Gasteiger partial charge in [0.15, 0.2) is 5.69 Å². The van der Waals surface area contributed by atoms with Gasteiger partial charge < -0.3 is 9.80 Å². The van der Waals surface area contributed by atoms with Crippen molar-refractivity contribution >= 4 is 11.8 Å². The highest BCUT2D eigenvalue weighted by atomic mass is 16.2. The van der Waals surface area contributed by atoms with Crippen LogP contribution in [-0.2, 0) is 20.1 Å². The van der Waals surface area contributed by atoms with Crippen molar-refractivity contribution in [3.63, 3.8) is 0 Å². The third kappa shape index (κ3) is 5.60. The Balaban J connectivity index is 1.14.